The molecule has 1 aliphatic carbocycles. The fourth-order valence-corrected chi connectivity index (χ4v) is 4.31. The number of nitrogens with zero attached hydrogens (tertiary/aromatic N) is 1. The Balaban J connectivity index is 1.89. The maximum atomic E-state index is 13.4. The van der Waals surface area contributed by atoms with Crippen molar-refractivity contribution in [2.45, 2.75) is 56.4 Å². The van der Waals surface area contributed by atoms with Crippen molar-refractivity contribution in [3.8, 4) is 5.75 Å². The molecular weight excluding hydrogens is 306 g/mol. The predicted molar refractivity (Wildman–Crippen MR) is 90.1 cm³/mol. The zero-order chi connectivity index (χ0) is 17.2. The molecule has 2 aliphatic rings. The zero-order valence-corrected chi connectivity index (χ0v) is 14.2. The molecule has 0 spiro atoms. The first-order valence-electron chi connectivity index (χ1n) is 8.74. The van der Waals surface area contributed by atoms with Crippen LogP contribution in [0.25, 0.3) is 0 Å². The van der Waals surface area contributed by atoms with Gasteiger partial charge in [-0.3, -0.25) is 9.59 Å². The molecule has 1 amide bonds. The van der Waals surface area contributed by atoms with Gasteiger partial charge >= 0.3 is 5.97 Å². The van der Waals surface area contributed by atoms with E-state index >= 15 is 0 Å². The van der Waals surface area contributed by atoms with Crippen LogP contribution in [0, 0.1) is 0 Å². The van der Waals surface area contributed by atoms with Crippen molar-refractivity contribution in [3.63, 3.8) is 0 Å². The lowest BCUT2D eigenvalue weighted by molar-refractivity contribution is -0.142. The standard InChI is InChI=1S/C19H25NO4/c1-24-16-8-6-14(7-9-16)19(10-2-3-11-19)18(23)20-12-4-5-15(20)13-17(21)22/h6-9,15H,2-5,10-13H2,1H3,(H,21,22)/t15-/m1/s1. The molecule has 0 aromatic heterocycles. The van der Waals surface area contributed by atoms with E-state index in [-0.39, 0.29) is 18.4 Å². The van der Waals surface area contributed by atoms with Gasteiger partial charge in [0.25, 0.3) is 0 Å². The highest BCUT2D eigenvalue weighted by Crippen LogP contribution is 2.44. The number of carbonyl (C=O) groups is 2. The minimum absolute atomic E-state index is 0.0461. The van der Waals surface area contributed by atoms with Gasteiger partial charge < -0.3 is 14.7 Å². The number of likely N-dealkylation sites (tertiary alicyclic amines) is 1. The lowest BCUT2D eigenvalue weighted by Gasteiger charge is -2.35. The highest BCUT2D eigenvalue weighted by molar-refractivity contribution is 5.89. The average Bonchev–Trinajstić information content (AvgIpc) is 3.24. The lowest BCUT2D eigenvalue weighted by atomic mass is 9.77. The average molecular weight is 331 g/mol. The van der Waals surface area contributed by atoms with E-state index in [0.717, 1.165) is 49.8 Å². The van der Waals surface area contributed by atoms with E-state index in [0.29, 0.717) is 6.54 Å². The van der Waals surface area contributed by atoms with Crippen molar-refractivity contribution < 1.29 is 19.4 Å². The zero-order valence-electron chi connectivity index (χ0n) is 14.2. The minimum atomic E-state index is -0.829. The van der Waals surface area contributed by atoms with Gasteiger partial charge in [0.15, 0.2) is 0 Å². The molecule has 1 N–H and O–H groups in total. The Morgan fingerprint density at radius 1 is 1.21 bits per heavy atom. The largest absolute Gasteiger partial charge is 0.497 e. The van der Waals surface area contributed by atoms with Gasteiger partial charge in [0.05, 0.1) is 18.9 Å². The van der Waals surface area contributed by atoms with Crippen molar-refractivity contribution in [2.24, 2.45) is 0 Å². The third-order valence-corrected chi connectivity index (χ3v) is 5.56. The second-order valence-corrected chi connectivity index (χ2v) is 6.91. The quantitative estimate of drug-likeness (QED) is 0.901. The van der Waals surface area contributed by atoms with Gasteiger partial charge in [-0.05, 0) is 43.4 Å². The molecule has 3 rings (SSSR count). The van der Waals surface area contributed by atoms with Crippen LogP contribution in [0.5, 0.6) is 5.75 Å². The highest BCUT2D eigenvalue weighted by Gasteiger charge is 2.47. The van der Waals surface area contributed by atoms with E-state index in [1.165, 1.54) is 0 Å². The molecule has 2 fully saturated rings. The fourth-order valence-electron chi connectivity index (χ4n) is 4.31. The van der Waals surface area contributed by atoms with Crippen molar-refractivity contribution in [2.75, 3.05) is 13.7 Å². The predicted octanol–water partition coefficient (Wildman–Crippen LogP) is 2.97. The molecule has 130 valence electrons. The Morgan fingerprint density at radius 3 is 2.46 bits per heavy atom. The SMILES string of the molecule is COc1ccc(C2(C(=O)N3CCC[C@@H]3CC(=O)O)CCCC2)cc1. The molecular formula is C19H25NO4. The number of benzene rings is 1. The van der Waals surface area contributed by atoms with Crippen LogP contribution in [0.15, 0.2) is 24.3 Å². The third-order valence-electron chi connectivity index (χ3n) is 5.56. The molecule has 0 radical (unpaired) electrons. The summed E-state index contributed by atoms with van der Waals surface area (Å²) in [7, 11) is 1.63. The van der Waals surface area contributed by atoms with Crippen LogP contribution in [0.1, 0.15) is 50.5 Å². The minimum Gasteiger partial charge on any atom is -0.497 e. The normalized spacial score (nSPS) is 22.5. The second kappa shape index (κ2) is 6.83. The summed E-state index contributed by atoms with van der Waals surface area (Å²) >= 11 is 0. The number of rotatable bonds is 5. The Bertz CT molecular complexity index is 604. The van der Waals surface area contributed by atoms with E-state index in [9.17, 15) is 9.59 Å². The highest BCUT2D eigenvalue weighted by atomic mass is 16.5. The van der Waals surface area contributed by atoms with Gasteiger partial charge in [0, 0.05) is 12.6 Å². The van der Waals surface area contributed by atoms with Gasteiger partial charge in [-0.15, -0.1) is 0 Å². The van der Waals surface area contributed by atoms with Crippen LogP contribution < -0.4 is 4.74 Å². The van der Waals surface area contributed by atoms with Crippen LogP contribution in [0.2, 0.25) is 0 Å². The fraction of sp³-hybridized carbons (Fsp3) is 0.579. The summed E-state index contributed by atoms with van der Waals surface area (Å²) < 4.78 is 5.23. The number of ether oxygens (including phenoxy) is 1. The maximum Gasteiger partial charge on any atom is 0.305 e. The van der Waals surface area contributed by atoms with Crippen molar-refractivity contribution in [1.82, 2.24) is 4.90 Å². The molecule has 1 saturated carbocycles. The Morgan fingerprint density at radius 2 is 1.88 bits per heavy atom. The van der Waals surface area contributed by atoms with Crippen molar-refractivity contribution in [1.29, 1.82) is 0 Å². The van der Waals surface area contributed by atoms with Gasteiger partial charge in [0.1, 0.15) is 5.75 Å². The first kappa shape index (κ1) is 16.8. The van der Waals surface area contributed by atoms with Crippen molar-refractivity contribution in [3.05, 3.63) is 29.8 Å². The topological polar surface area (TPSA) is 66.8 Å². The first-order chi connectivity index (χ1) is 11.6. The second-order valence-electron chi connectivity index (χ2n) is 6.91. The smallest absolute Gasteiger partial charge is 0.305 e. The van der Waals surface area contributed by atoms with Gasteiger partial charge in [-0.2, -0.15) is 0 Å². The number of carbonyl (C=O) groups excluding carboxylic acids is 1. The maximum absolute atomic E-state index is 13.4. The molecule has 24 heavy (non-hydrogen) atoms. The molecule has 0 unspecified atom stereocenters. The van der Waals surface area contributed by atoms with E-state index in [4.69, 9.17) is 9.84 Å². The number of hydrogen-bond donors (Lipinski definition) is 1. The molecule has 1 heterocycles. The van der Waals surface area contributed by atoms with Crippen LogP contribution in [0.3, 0.4) is 0 Å². The Kier molecular flexibility index (Phi) is 4.78. The van der Waals surface area contributed by atoms with Crippen LogP contribution in [0.4, 0.5) is 0 Å². The summed E-state index contributed by atoms with van der Waals surface area (Å²) in [6.07, 6.45) is 5.48. The van der Waals surface area contributed by atoms with Gasteiger partial charge in [0.2, 0.25) is 5.91 Å². The number of aliphatic carboxylic acids is 1. The van der Waals surface area contributed by atoms with Gasteiger partial charge in [-0.25, -0.2) is 0 Å². The summed E-state index contributed by atoms with van der Waals surface area (Å²) in [5.74, 6) is 0.0720. The number of carboxylic acid groups (broad SMARTS) is 1. The monoisotopic (exact) mass is 331 g/mol. The summed E-state index contributed by atoms with van der Waals surface area (Å²) in [6.45, 7) is 0.675. The van der Waals surface area contributed by atoms with E-state index in [2.05, 4.69) is 0 Å². The molecule has 1 atom stereocenters. The molecule has 5 nitrogen and oxygen atoms in total. The van der Waals surface area contributed by atoms with E-state index in [1.54, 1.807) is 7.11 Å². The number of carboxylic acids is 1. The van der Waals surface area contributed by atoms with Crippen LogP contribution in [-0.2, 0) is 15.0 Å². The number of hydrogen-bond acceptors (Lipinski definition) is 3. The van der Waals surface area contributed by atoms with E-state index < -0.39 is 11.4 Å². The summed E-state index contributed by atoms with van der Waals surface area (Å²) in [5.41, 5.74) is 0.541. The van der Waals surface area contributed by atoms with Crippen LogP contribution >= 0.6 is 0 Å². The molecule has 1 aromatic rings. The Labute approximate surface area is 142 Å². The third kappa shape index (κ3) is 2.99. The molecule has 1 aromatic carbocycles. The molecule has 0 bridgehead atoms. The molecule has 1 aliphatic heterocycles. The first-order valence-corrected chi connectivity index (χ1v) is 8.74. The number of methoxy groups -OCH3 is 1. The van der Waals surface area contributed by atoms with Crippen molar-refractivity contribution >= 4 is 11.9 Å². The summed E-state index contributed by atoms with van der Waals surface area (Å²) in [4.78, 5) is 26.4. The summed E-state index contributed by atoms with van der Waals surface area (Å²) in [5, 5.41) is 9.13. The summed E-state index contributed by atoms with van der Waals surface area (Å²) in [6, 6.07) is 7.63. The van der Waals surface area contributed by atoms with Crippen LogP contribution in [-0.4, -0.2) is 41.6 Å². The lowest BCUT2D eigenvalue weighted by Crippen LogP contribution is -2.48. The Hall–Kier alpha value is -2.04. The van der Waals surface area contributed by atoms with Gasteiger partial charge in [-0.1, -0.05) is 25.0 Å². The van der Waals surface area contributed by atoms with E-state index in [1.807, 2.05) is 29.2 Å². The number of amides is 1. The molecule has 1 saturated heterocycles. The molecule has 5 heteroatoms.